The van der Waals surface area contributed by atoms with E-state index in [9.17, 15) is 9.18 Å². The summed E-state index contributed by atoms with van der Waals surface area (Å²) >= 11 is 12.4. The molecule has 0 radical (unpaired) electrons. The maximum atomic E-state index is 13.4. The van der Waals surface area contributed by atoms with Gasteiger partial charge in [0.05, 0.1) is 28.8 Å². The summed E-state index contributed by atoms with van der Waals surface area (Å²) in [6.07, 6.45) is 2.68. The van der Waals surface area contributed by atoms with Gasteiger partial charge < -0.3 is 9.47 Å². The van der Waals surface area contributed by atoms with Crippen molar-refractivity contribution in [3.63, 3.8) is 0 Å². The molecule has 0 saturated carbocycles. The van der Waals surface area contributed by atoms with Gasteiger partial charge in [-0.1, -0.05) is 48.6 Å². The first kappa shape index (κ1) is 21.6. The van der Waals surface area contributed by atoms with Crippen LogP contribution >= 0.6 is 35.6 Å². The van der Waals surface area contributed by atoms with Crippen LogP contribution in [0.1, 0.15) is 25.8 Å². The third kappa shape index (κ3) is 4.74. The van der Waals surface area contributed by atoms with Crippen LogP contribution < -0.4 is 14.4 Å². The maximum Gasteiger partial charge on any atom is 0.270 e. The second-order valence-corrected chi connectivity index (χ2v) is 8.45. The first-order valence-electron chi connectivity index (χ1n) is 8.91. The van der Waals surface area contributed by atoms with Crippen LogP contribution in [0.2, 0.25) is 5.02 Å². The van der Waals surface area contributed by atoms with Crippen molar-refractivity contribution in [1.82, 2.24) is 0 Å². The van der Waals surface area contributed by atoms with Crippen molar-refractivity contribution < 1.29 is 18.7 Å². The van der Waals surface area contributed by atoms with Gasteiger partial charge in [-0.3, -0.25) is 9.69 Å². The lowest BCUT2D eigenvalue weighted by Gasteiger charge is -2.16. The molecule has 1 atom stereocenters. The molecule has 4 nitrogen and oxygen atoms in total. The Labute approximate surface area is 183 Å². The zero-order valence-electron chi connectivity index (χ0n) is 16.1. The fourth-order valence-corrected chi connectivity index (χ4v) is 4.11. The third-order valence-corrected chi connectivity index (χ3v) is 5.94. The summed E-state index contributed by atoms with van der Waals surface area (Å²) in [5.74, 6) is 0.386. The SMILES string of the molecule is CC[C@@H](C)Oc1ccc(/C=C2\SC(=S)N(c3ccc(F)c(Cl)c3)C2=O)cc1OC. The molecule has 1 fully saturated rings. The van der Waals surface area contributed by atoms with Gasteiger partial charge in [-0.05, 0) is 55.3 Å². The summed E-state index contributed by atoms with van der Waals surface area (Å²) in [5, 5.41) is -0.0674. The maximum absolute atomic E-state index is 13.4. The number of carbonyl (C=O) groups is 1. The number of hydrogen-bond acceptors (Lipinski definition) is 5. The highest BCUT2D eigenvalue weighted by Gasteiger charge is 2.33. The molecule has 1 saturated heterocycles. The number of ether oxygens (including phenoxy) is 2. The Hall–Kier alpha value is -2.09. The lowest BCUT2D eigenvalue weighted by molar-refractivity contribution is -0.113. The Morgan fingerprint density at radius 3 is 2.69 bits per heavy atom. The number of rotatable bonds is 6. The van der Waals surface area contributed by atoms with Crippen LogP contribution in [-0.4, -0.2) is 23.4 Å². The molecule has 0 unspecified atom stereocenters. The van der Waals surface area contributed by atoms with E-state index in [2.05, 4.69) is 0 Å². The molecule has 1 aliphatic heterocycles. The van der Waals surface area contributed by atoms with Gasteiger partial charge in [-0.2, -0.15) is 0 Å². The van der Waals surface area contributed by atoms with Gasteiger partial charge in [0.2, 0.25) is 0 Å². The average molecular weight is 452 g/mol. The molecule has 8 heteroatoms. The predicted molar refractivity (Wildman–Crippen MR) is 120 cm³/mol. The van der Waals surface area contributed by atoms with Crippen LogP contribution in [0.25, 0.3) is 6.08 Å². The summed E-state index contributed by atoms with van der Waals surface area (Å²) in [4.78, 5) is 14.7. The van der Waals surface area contributed by atoms with Crippen molar-refractivity contribution in [2.45, 2.75) is 26.4 Å². The van der Waals surface area contributed by atoms with E-state index in [4.69, 9.17) is 33.3 Å². The van der Waals surface area contributed by atoms with Crippen molar-refractivity contribution in [2.24, 2.45) is 0 Å². The lowest BCUT2D eigenvalue weighted by atomic mass is 10.1. The molecular weight excluding hydrogens is 433 g/mol. The van der Waals surface area contributed by atoms with Crippen molar-refractivity contribution in [1.29, 1.82) is 0 Å². The van der Waals surface area contributed by atoms with Crippen molar-refractivity contribution >= 4 is 57.6 Å². The molecule has 152 valence electrons. The van der Waals surface area contributed by atoms with Gasteiger partial charge in [0.15, 0.2) is 15.8 Å². The summed E-state index contributed by atoms with van der Waals surface area (Å²) < 4.78 is 25.1. The smallest absolute Gasteiger partial charge is 0.270 e. The third-order valence-electron chi connectivity index (χ3n) is 4.34. The zero-order chi connectivity index (χ0) is 21.1. The molecule has 2 aromatic carbocycles. The number of amides is 1. The van der Waals surface area contributed by atoms with Crippen LogP contribution in [0.4, 0.5) is 10.1 Å². The van der Waals surface area contributed by atoms with E-state index in [1.807, 2.05) is 26.0 Å². The molecule has 0 N–H and O–H groups in total. The van der Waals surface area contributed by atoms with E-state index in [-0.39, 0.29) is 17.0 Å². The van der Waals surface area contributed by atoms with Gasteiger partial charge in [-0.25, -0.2) is 4.39 Å². The molecule has 29 heavy (non-hydrogen) atoms. The summed E-state index contributed by atoms with van der Waals surface area (Å²) in [7, 11) is 1.57. The number of nitrogens with zero attached hydrogens (tertiary/aromatic N) is 1. The second-order valence-electron chi connectivity index (χ2n) is 6.36. The Bertz CT molecular complexity index is 996. The van der Waals surface area contributed by atoms with Crippen LogP contribution in [-0.2, 0) is 4.79 Å². The van der Waals surface area contributed by atoms with Crippen molar-refractivity contribution in [3.05, 3.63) is 57.7 Å². The number of halogens is 2. The number of thiocarbonyl (C=S) groups is 1. The molecule has 1 heterocycles. The average Bonchev–Trinajstić information content (AvgIpc) is 2.98. The highest BCUT2D eigenvalue weighted by Crippen LogP contribution is 2.38. The molecule has 1 amide bonds. The fraction of sp³-hybridized carbons (Fsp3) is 0.238. The lowest BCUT2D eigenvalue weighted by Crippen LogP contribution is -2.27. The predicted octanol–water partition coefficient (Wildman–Crippen LogP) is 6.07. The molecule has 0 spiro atoms. The van der Waals surface area contributed by atoms with Crippen molar-refractivity contribution in [2.75, 3.05) is 12.0 Å². The fourth-order valence-electron chi connectivity index (χ4n) is 2.64. The van der Waals surface area contributed by atoms with Gasteiger partial charge in [0.1, 0.15) is 5.82 Å². The molecule has 0 aromatic heterocycles. The number of thioether (sulfide) groups is 1. The molecule has 0 bridgehead atoms. The number of hydrogen-bond donors (Lipinski definition) is 0. The van der Waals surface area contributed by atoms with E-state index in [0.717, 1.165) is 12.0 Å². The minimum absolute atomic E-state index is 0.0635. The van der Waals surface area contributed by atoms with E-state index in [1.54, 1.807) is 19.3 Å². The Balaban J connectivity index is 1.88. The van der Waals surface area contributed by atoms with Gasteiger partial charge in [0.25, 0.3) is 5.91 Å². The highest BCUT2D eigenvalue weighted by atomic mass is 35.5. The quantitative estimate of drug-likeness (QED) is 0.393. The van der Waals surface area contributed by atoms with Crippen LogP contribution in [0.5, 0.6) is 11.5 Å². The monoisotopic (exact) mass is 451 g/mol. The Morgan fingerprint density at radius 2 is 2.03 bits per heavy atom. The first-order valence-corrected chi connectivity index (χ1v) is 10.5. The standard InChI is InChI=1S/C21H19ClFNO3S2/c1-4-12(2)27-17-8-5-13(9-18(17)26-3)10-19-20(25)24(21(28)29-19)14-6-7-16(23)15(22)11-14/h5-12H,4H2,1-3H3/b19-10-/t12-/m1/s1. The van der Waals surface area contributed by atoms with Crippen LogP contribution in [0.3, 0.4) is 0 Å². The first-order chi connectivity index (χ1) is 13.8. The largest absolute Gasteiger partial charge is 0.493 e. The molecule has 2 aromatic rings. The Morgan fingerprint density at radius 1 is 1.28 bits per heavy atom. The molecular formula is C21H19ClFNO3S2. The topological polar surface area (TPSA) is 38.8 Å². The molecule has 3 rings (SSSR count). The van der Waals surface area contributed by atoms with E-state index >= 15 is 0 Å². The number of benzene rings is 2. The summed E-state index contributed by atoms with van der Waals surface area (Å²) in [6.45, 7) is 4.03. The molecule has 1 aliphatic rings. The zero-order valence-corrected chi connectivity index (χ0v) is 18.5. The van der Waals surface area contributed by atoms with Gasteiger partial charge in [0, 0.05) is 0 Å². The summed E-state index contributed by atoms with van der Waals surface area (Å²) in [5.41, 5.74) is 1.20. The van der Waals surface area contributed by atoms with Gasteiger partial charge >= 0.3 is 0 Å². The summed E-state index contributed by atoms with van der Waals surface area (Å²) in [6, 6.07) is 9.53. The Kier molecular flexibility index (Phi) is 6.82. The van der Waals surface area contributed by atoms with E-state index < -0.39 is 5.82 Å². The number of carbonyl (C=O) groups excluding carboxylic acids is 1. The van der Waals surface area contributed by atoms with E-state index in [0.29, 0.717) is 26.4 Å². The minimum Gasteiger partial charge on any atom is -0.493 e. The number of methoxy groups -OCH3 is 1. The van der Waals surface area contributed by atoms with Gasteiger partial charge in [-0.15, -0.1) is 0 Å². The minimum atomic E-state index is -0.553. The second kappa shape index (κ2) is 9.15. The number of anilines is 1. The molecule has 0 aliphatic carbocycles. The normalized spacial score (nSPS) is 16.4. The van der Waals surface area contributed by atoms with Crippen molar-refractivity contribution in [3.8, 4) is 11.5 Å². The van der Waals surface area contributed by atoms with E-state index in [1.165, 1.54) is 34.9 Å². The highest BCUT2D eigenvalue weighted by molar-refractivity contribution is 8.27. The van der Waals surface area contributed by atoms with Crippen LogP contribution in [0, 0.1) is 5.82 Å². The van der Waals surface area contributed by atoms with Crippen LogP contribution in [0.15, 0.2) is 41.3 Å².